The van der Waals surface area contributed by atoms with E-state index < -0.39 is 25.1 Å². The van der Waals surface area contributed by atoms with Crippen LogP contribution < -0.4 is 4.90 Å². The molecule has 45 heavy (non-hydrogen) atoms. The maximum atomic E-state index is 12.9. The van der Waals surface area contributed by atoms with Crippen molar-refractivity contribution in [1.29, 1.82) is 5.26 Å². The van der Waals surface area contributed by atoms with Crippen LogP contribution in [0.4, 0.5) is 5.69 Å². The number of nitrogens with zero attached hydrogens (tertiary/aromatic N) is 4. The molecule has 0 N–H and O–H groups in total. The first-order chi connectivity index (χ1) is 21.6. The summed E-state index contributed by atoms with van der Waals surface area (Å²) in [6.07, 6.45) is 8.89. The maximum Gasteiger partial charge on any atom is 0.206 e. The summed E-state index contributed by atoms with van der Waals surface area (Å²) in [5.74, 6) is 0.941. The van der Waals surface area contributed by atoms with E-state index in [1.807, 2.05) is 30.3 Å². The van der Waals surface area contributed by atoms with Gasteiger partial charge in [-0.15, -0.1) is 0 Å². The van der Waals surface area contributed by atoms with Gasteiger partial charge in [-0.25, -0.2) is 16.8 Å². The van der Waals surface area contributed by atoms with E-state index in [1.54, 1.807) is 12.1 Å². The Morgan fingerprint density at radius 1 is 0.867 bits per heavy atom. The molecule has 0 bridgehead atoms. The molecule has 8 nitrogen and oxygen atoms in total. The van der Waals surface area contributed by atoms with Crippen molar-refractivity contribution in [2.24, 2.45) is 23.7 Å². The first-order valence-electron chi connectivity index (χ1n) is 16.0. The highest BCUT2D eigenvalue weighted by Gasteiger charge is 2.52. The van der Waals surface area contributed by atoms with Crippen LogP contribution in [0.2, 0.25) is 0 Å². The number of pyridine rings is 1. The molecule has 1 aromatic heterocycles. The predicted octanol–water partition coefficient (Wildman–Crippen LogP) is 4.99. The summed E-state index contributed by atoms with van der Waals surface area (Å²) in [5.41, 5.74) is 1.40. The molecule has 10 heteroatoms. The Morgan fingerprint density at radius 2 is 1.51 bits per heavy atom. The first-order valence-corrected chi connectivity index (χ1v) is 19.5. The Hall–Kier alpha value is -3.26. The Bertz CT molecular complexity index is 1710. The van der Waals surface area contributed by atoms with Gasteiger partial charge in [0.05, 0.1) is 27.0 Å². The van der Waals surface area contributed by atoms with Crippen molar-refractivity contribution in [1.82, 2.24) is 9.88 Å². The number of hydrogen-bond acceptors (Lipinski definition) is 8. The summed E-state index contributed by atoms with van der Waals surface area (Å²) < 4.78 is 50.5. The molecule has 2 aromatic carbocycles. The molecule has 3 aliphatic rings. The summed E-state index contributed by atoms with van der Waals surface area (Å²) in [5, 5.41) is 10.9. The van der Waals surface area contributed by atoms with Gasteiger partial charge in [-0.3, -0.25) is 4.98 Å². The Balaban J connectivity index is 1.07. The third kappa shape index (κ3) is 6.53. The molecule has 3 aromatic rings. The number of benzene rings is 2. The largest absolute Gasteiger partial charge is 0.371 e. The summed E-state index contributed by atoms with van der Waals surface area (Å²) >= 11 is 0. The van der Waals surface area contributed by atoms with Crippen LogP contribution in [-0.2, 0) is 25.1 Å². The number of aromatic nitrogens is 1. The SMILES string of the molecule is CS(=O)(=O)C[C@H]1CCC[C@@H]1C(C#N)(c1ccccc1)C1CCN(CC2CN(c3ccc(S(=O)(=O)c4ccncc4)cc3)C2)CC1. The highest BCUT2D eigenvalue weighted by atomic mass is 32.2. The molecule has 2 saturated heterocycles. The Kier molecular flexibility index (Phi) is 9.06. The Morgan fingerprint density at radius 3 is 2.13 bits per heavy atom. The summed E-state index contributed by atoms with van der Waals surface area (Å²) in [7, 11) is -6.70. The Labute approximate surface area is 267 Å². The van der Waals surface area contributed by atoms with Gasteiger partial charge in [0.2, 0.25) is 9.84 Å². The second-order valence-corrected chi connectivity index (χ2v) is 17.4. The number of piperidine rings is 1. The quantitative estimate of drug-likeness (QED) is 0.303. The zero-order valence-corrected chi connectivity index (χ0v) is 27.5. The minimum atomic E-state index is -3.56. The van der Waals surface area contributed by atoms with Crippen LogP contribution in [0.25, 0.3) is 0 Å². The van der Waals surface area contributed by atoms with Crippen molar-refractivity contribution in [3.8, 4) is 6.07 Å². The van der Waals surface area contributed by atoms with Crippen LogP contribution in [0.5, 0.6) is 0 Å². The predicted molar refractivity (Wildman–Crippen MR) is 175 cm³/mol. The van der Waals surface area contributed by atoms with Crippen LogP contribution in [0.15, 0.2) is 88.9 Å². The molecule has 1 saturated carbocycles. The van der Waals surface area contributed by atoms with Gasteiger partial charge < -0.3 is 9.80 Å². The molecule has 6 rings (SSSR count). The topological polar surface area (TPSA) is 111 Å². The number of sulfone groups is 2. The number of hydrogen-bond donors (Lipinski definition) is 0. The van der Waals surface area contributed by atoms with Crippen molar-refractivity contribution in [3.63, 3.8) is 0 Å². The first kappa shape index (κ1) is 31.7. The summed E-state index contributed by atoms with van der Waals surface area (Å²) in [4.78, 5) is 9.25. The maximum absolute atomic E-state index is 12.9. The minimum absolute atomic E-state index is 0.0173. The van der Waals surface area contributed by atoms with Gasteiger partial charge in [-0.1, -0.05) is 36.8 Å². The van der Waals surface area contributed by atoms with Gasteiger partial charge in [-0.2, -0.15) is 5.26 Å². The van der Waals surface area contributed by atoms with Gasteiger partial charge in [0.25, 0.3) is 0 Å². The number of likely N-dealkylation sites (tertiary alicyclic amines) is 1. The molecule has 0 amide bonds. The van der Waals surface area contributed by atoms with E-state index >= 15 is 0 Å². The zero-order chi connectivity index (χ0) is 31.7. The van der Waals surface area contributed by atoms with E-state index in [4.69, 9.17) is 0 Å². The van der Waals surface area contributed by atoms with Crippen molar-refractivity contribution >= 4 is 25.4 Å². The van der Waals surface area contributed by atoms with Gasteiger partial charge in [0.15, 0.2) is 0 Å². The molecule has 238 valence electrons. The fourth-order valence-electron chi connectivity index (χ4n) is 8.25. The van der Waals surface area contributed by atoms with Crippen LogP contribution in [0, 0.1) is 35.0 Å². The lowest BCUT2D eigenvalue weighted by Gasteiger charge is -2.48. The smallest absolute Gasteiger partial charge is 0.206 e. The van der Waals surface area contributed by atoms with Crippen molar-refractivity contribution < 1.29 is 16.8 Å². The number of rotatable bonds is 10. The van der Waals surface area contributed by atoms with Crippen LogP contribution >= 0.6 is 0 Å². The van der Waals surface area contributed by atoms with E-state index in [0.29, 0.717) is 5.92 Å². The highest BCUT2D eigenvalue weighted by molar-refractivity contribution is 7.91. The second kappa shape index (κ2) is 12.9. The molecule has 3 heterocycles. The van der Waals surface area contributed by atoms with Gasteiger partial charge in [-0.05, 0) is 98.5 Å². The zero-order valence-electron chi connectivity index (χ0n) is 25.8. The summed E-state index contributed by atoms with van der Waals surface area (Å²) in [6, 6.07) is 23.1. The molecule has 2 aliphatic heterocycles. The van der Waals surface area contributed by atoms with Gasteiger partial charge in [0, 0.05) is 49.9 Å². The number of nitriles is 1. The van der Waals surface area contributed by atoms with E-state index in [9.17, 15) is 22.1 Å². The molecule has 0 spiro atoms. The monoisotopic (exact) mass is 646 g/mol. The molecule has 3 atom stereocenters. The molecular formula is C35H42N4O4S2. The van der Waals surface area contributed by atoms with E-state index in [2.05, 4.69) is 33.0 Å². The normalized spacial score (nSPS) is 23.2. The van der Waals surface area contributed by atoms with Crippen molar-refractivity contribution in [3.05, 3.63) is 84.7 Å². The lowest BCUT2D eigenvalue weighted by Crippen LogP contribution is -2.54. The molecule has 1 unspecified atom stereocenters. The van der Waals surface area contributed by atoms with Gasteiger partial charge in [0.1, 0.15) is 9.84 Å². The standard InChI is InChI=1S/C35H42N4O4S2/c1-44(40,41)25-28-6-5-9-34(28)35(26-36,29-7-3-2-4-8-29)30-16-20-38(21-17-30)22-27-23-39(24-27)31-10-12-32(13-11-31)45(42,43)33-14-18-37-19-15-33/h2-4,7-8,10-15,18-19,27-28,30,34H,5-6,9,16-17,20-25H2,1H3/t28-,34+,35?/m1/s1. The molecule has 1 aliphatic carbocycles. The lowest BCUT2D eigenvalue weighted by molar-refractivity contribution is 0.0935. The average Bonchev–Trinajstić information content (AvgIpc) is 3.48. The molecule has 0 radical (unpaired) electrons. The van der Waals surface area contributed by atoms with Gasteiger partial charge >= 0.3 is 0 Å². The molecule has 3 fully saturated rings. The number of anilines is 1. The lowest BCUT2D eigenvalue weighted by atomic mass is 9.58. The molecular weight excluding hydrogens is 605 g/mol. The minimum Gasteiger partial charge on any atom is -0.371 e. The highest BCUT2D eigenvalue weighted by Crippen LogP contribution is 2.52. The second-order valence-electron chi connectivity index (χ2n) is 13.3. The van der Waals surface area contributed by atoms with E-state index in [-0.39, 0.29) is 33.3 Å². The third-order valence-electron chi connectivity index (χ3n) is 10.4. The van der Waals surface area contributed by atoms with Crippen molar-refractivity contribution in [2.45, 2.75) is 47.3 Å². The average molecular weight is 647 g/mol. The fourth-order valence-corrected chi connectivity index (χ4v) is 10.7. The third-order valence-corrected chi connectivity index (χ3v) is 13.2. The van der Waals surface area contributed by atoms with E-state index in [1.165, 1.54) is 30.8 Å². The van der Waals surface area contributed by atoms with Crippen LogP contribution in [0.3, 0.4) is 0 Å². The van der Waals surface area contributed by atoms with Crippen molar-refractivity contribution in [2.75, 3.05) is 49.6 Å². The van der Waals surface area contributed by atoms with E-state index in [0.717, 1.165) is 76.1 Å². The van der Waals surface area contributed by atoms with Crippen LogP contribution in [-0.4, -0.2) is 71.5 Å². The summed E-state index contributed by atoms with van der Waals surface area (Å²) in [6.45, 7) is 4.73. The van der Waals surface area contributed by atoms with Crippen LogP contribution in [0.1, 0.15) is 37.7 Å². The fraction of sp³-hybridized carbons (Fsp3) is 0.486.